The summed E-state index contributed by atoms with van der Waals surface area (Å²) >= 11 is 0. The van der Waals surface area contributed by atoms with Crippen LogP contribution in [0.2, 0.25) is 0 Å². The predicted octanol–water partition coefficient (Wildman–Crippen LogP) is 4.42. The summed E-state index contributed by atoms with van der Waals surface area (Å²) in [5.74, 6) is 2.86. The molecule has 84 valence electrons. The normalized spacial score (nSPS) is 51.5. The summed E-state index contributed by atoms with van der Waals surface area (Å²) in [6.45, 7) is 9.94. The number of hydrogen-bond acceptors (Lipinski definition) is 0. The molecule has 0 radical (unpaired) electrons. The van der Waals surface area contributed by atoms with Crippen LogP contribution in [0.4, 0.5) is 0 Å². The second kappa shape index (κ2) is 2.70. The lowest BCUT2D eigenvalue weighted by Crippen LogP contribution is -2.30. The van der Waals surface area contributed by atoms with Gasteiger partial charge in [-0.15, -0.1) is 0 Å². The molecule has 0 saturated heterocycles. The van der Waals surface area contributed by atoms with Gasteiger partial charge in [-0.1, -0.05) is 32.4 Å². The summed E-state index contributed by atoms with van der Waals surface area (Å²) in [7, 11) is 0. The SMILES string of the molecule is CC1=CC[C@]23C[C@@H]1C(C)(C)[C@@H]2CC[C@@H]3C. The number of allylic oxidation sites excluding steroid dienone is 2. The molecule has 0 aromatic carbocycles. The van der Waals surface area contributed by atoms with Gasteiger partial charge in [0.25, 0.3) is 0 Å². The molecule has 3 aliphatic carbocycles. The molecule has 0 unspecified atom stereocenters. The molecule has 3 aliphatic rings. The smallest absolute Gasteiger partial charge is 0.0146 e. The maximum atomic E-state index is 2.57. The third-order valence-electron chi connectivity index (χ3n) is 6.30. The van der Waals surface area contributed by atoms with Crippen LogP contribution in [-0.4, -0.2) is 0 Å². The molecule has 2 bridgehead atoms. The molecule has 0 N–H and O–H groups in total. The van der Waals surface area contributed by atoms with Crippen LogP contribution < -0.4 is 0 Å². The molecule has 4 atom stereocenters. The van der Waals surface area contributed by atoms with E-state index in [1.54, 1.807) is 5.57 Å². The van der Waals surface area contributed by atoms with Gasteiger partial charge in [-0.05, 0) is 61.2 Å². The fraction of sp³-hybridized carbons (Fsp3) is 0.867. The zero-order valence-electron chi connectivity index (χ0n) is 10.6. The molecular weight excluding hydrogens is 180 g/mol. The number of hydrogen-bond donors (Lipinski definition) is 0. The molecule has 0 heterocycles. The molecule has 15 heavy (non-hydrogen) atoms. The highest BCUT2D eigenvalue weighted by Gasteiger charge is 2.62. The Morgan fingerprint density at radius 1 is 1.27 bits per heavy atom. The van der Waals surface area contributed by atoms with Crippen molar-refractivity contribution in [1.82, 2.24) is 0 Å². The molecule has 2 saturated carbocycles. The van der Waals surface area contributed by atoms with Crippen molar-refractivity contribution in [2.45, 2.75) is 53.4 Å². The Labute approximate surface area is 94.1 Å². The van der Waals surface area contributed by atoms with E-state index < -0.39 is 0 Å². The summed E-state index contributed by atoms with van der Waals surface area (Å²) in [5, 5.41) is 0. The highest BCUT2D eigenvalue weighted by Crippen LogP contribution is 2.71. The first kappa shape index (κ1) is 9.93. The Morgan fingerprint density at radius 2 is 2.00 bits per heavy atom. The summed E-state index contributed by atoms with van der Waals surface area (Å²) in [6.07, 6.45) is 8.41. The summed E-state index contributed by atoms with van der Waals surface area (Å²) in [5.41, 5.74) is 2.96. The fourth-order valence-corrected chi connectivity index (χ4v) is 5.35. The maximum Gasteiger partial charge on any atom is -0.0146 e. The summed E-state index contributed by atoms with van der Waals surface area (Å²) in [6, 6.07) is 0. The van der Waals surface area contributed by atoms with E-state index in [1.165, 1.54) is 25.7 Å². The van der Waals surface area contributed by atoms with Crippen LogP contribution >= 0.6 is 0 Å². The minimum atomic E-state index is 0.571. The predicted molar refractivity (Wildman–Crippen MR) is 64.6 cm³/mol. The monoisotopic (exact) mass is 204 g/mol. The Kier molecular flexibility index (Phi) is 1.79. The molecular formula is C15H24. The van der Waals surface area contributed by atoms with Gasteiger partial charge in [0.1, 0.15) is 0 Å². The van der Waals surface area contributed by atoms with Gasteiger partial charge in [-0.3, -0.25) is 0 Å². The van der Waals surface area contributed by atoms with Gasteiger partial charge in [0.05, 0.1) is 0 Å². The summed E-state index contributed by atoms with van der Waals surface area (Å²) < 4.78 is 0. The van der Waals surface area contributed by atoms with Crippen LogP contribution in [-0.2, 0) is 0 Å². The van der Waals surface area contributed by atoms with Crippen molar-refractivity contribution in [3.63, 3.8) is 0 Å². The van der Waals surface area contributed by atoms with E-state index in [1.807, 2.05) is 0 Å². The molecule has 0 aromatic heterocycles. The third-order valence-corrected chi connectivity index (χ3v) is 6.30. The Hall–Kier alpha value is -0.260. The molecule has 0 amide bonds. The lowest BCUT2D eigenvalue weighted by molar-refractivity contribution is 0.128. The maximum absolute atomic E-state index is 2.57. The van der Waals surface area contributed by atoms with Gasteiger partial charge < -0.3 is 0 Å². The van der Waals surface area contributed by atoms with Gasteiger partial charge >= 0.3 is 0 Å². The number of rotatable bonds is 0. The standard InChI is InChI=1S/C15H24/c1-10-7-8-15-9-12(10)14(3,4)13(15)6-5-11(15)2/h7,11-13H,5-6,8-9H2,1-4H3/t11-,12-,13-,15+/m0/s1. The van der Waals surface area contributed by atoms with Crippen molar-refractivity contribution in [3.8, 4) is 0 Å². The van der Waals surface area contributed by atoms with Gasteiger partial charge in [-0.2, -0.15) is 0 Å². The molecule has 0 nitrogen and oxygen atoms in total. The second-order valence-electron chi connectivity index (χ2n) is 6.99. The topological polar surface area (TPSA) is 0 Å². The van der Waals surface area contributed by atoms with Crippen LogP contribution in [0.25, 0.3) is 0 Å². The highest BCUT2D eigenvalue weighted by atomic mass is 14.7. The van der Waals surface area contributed by atoms with E-state index in [4.69, 9.17) is 0 Å². The summed E-state index contributed by atoms with van der Waals surface area (Å²) in [4.78, 5) is 0. The van der Waals surface area contributed by atoms with Gasteiger partial charge in [0.15, 0.2) is 0 Å². The van der Waals surface area contributed by atoms with Gasteiger partial charge in [-0.25, -0.2) is 0 Å². The first-order chi connectivity index (χ1) is 6.98. The van der Waals surface area contributed by atoms with E-state index in [-0.39, 0.29) is 0 Å². The Morgan fingerprint density at radius 3 is 2.73 bits per heavy atom. The quantitative estimate of drug-likeness (QED) is 0.513. The van der Waals surface area contributed by atoms with Crippen LogP contribution in [0, 0.1) is 28.6 Å². The average molecular weight is 204 g/mol. The van der Waals surface area contributed by atoms with E-state index in [2.05, 4.69) is 33.8 Å². The van der Waals surface area contributed by atoms with Crippen molar-refractivity contribution in [1.29, 1.82) is 0 Å². The molecule has 1 spiro atoms. The Balaban J connectivity index is 2.11. The van der Waals surface area contributed by atoms with E-state index >= 15 is 0 Å². The van der Waals surface area contributed by atoms with Crippen molar-refractivity contribution < 1.29 is 0 Å². The Bertz CT molecular complexity index is 323. The molecule has 3 rings (SSSR count). The van der Waals surface area contributed by atoms with Crippen molar-refractivity contribution >= 4 is 0 Å². The fourth-order valence-electron chi connectivity index (χ4n) is 5.35. The van der Waals surface area contributed by atoms with Crippen molar-refractivity contribution in [3.05, 3.63) is 11.6 Å². The van der Waals surface area contributed by atoms with Crippen molar-refractivity contribution in [2.75, 3.05) is 0 Å². The van der Waals surface area contributed by atoms with Crippen LogP contribution in [0.5, 0.6) is 0 Å². The lowest BCUT2D eigenvalue weighted by Gasteiger charge is -2.36. The average Bonchev–Trinajstić information content (AvgIpc) is 2.57. The highest BCUT2D eigenvalue weighted by molar-refractivity contribution is 5.25. The number of fused-ring (bicyclic) bond motifs is 1. The third kappa shape index (κ3) is 0.990. The zero-order valence-corrected chi connectivity index (χ0v) is 10.6. The second-order valence-corrected chi connectivity index (χ2v) is 6.99. The largest absolute Gasteiger partial charge is 0.0847 e. The van der Waals surface area contributed by atoms with E-state index in [0.29, 0.717) is 10.8 Å². The van der Waals surface area contributed by atoms with E-state index in [9.17, 15) is 0 Å². The minimum Gasteiger partial charge on any atom is -0.0847 e. The minimum absolute atomic E-state index is 0.571. The van der Waals surface area contributed by atoms with Crippen LogP contribution in [0.15, 0.2) is 11.6 Å². The molecule has 0 heteroatoms. The molecule has 2 fully saturated rings. The molecule has 0 aliphatic heterocycles. The van der Waals surface area contributed by atoms with Crippen LogP contribution in [0.1, 0.15) is 53.4 Å². The first-order valence-corrected chi connectivity index (χ1v) is 6.65. The van der Waals surface area contributed by atoms with Crippen LogP contribution in [0.3, 0.4) is 0 Å². The molecule has 0 aromatic rings. The van der Waals surface area contributed by atoms with Gasteiger partial charge in [0.2, 0.25) is 0 Å². The zero-order chi connectivity index (χ0) is 10.8. The lowest BCUT2D eigenvalue weighted by atomic mass is 9.68. The first-order valence-electron chi connectivity index (χ1n) is 6.65. The van der Waals surface area contributed by atoms with Gasteiger partial charge in [0, 0.05) is 0 Å². The van der Waals surface area contributed by atoms with E-state index in [0.717, 1.165) is 17.8 Å². The van der Waals surface area contributed by atoms with Crippen molar-refractivity contribution in [2.24, 2.45) is 28.6 Å².